The van der Waals surface area contributed by atoms with E-state index in [4.69, 9.17) is 0 Å². The number of likely N-dealkylation sites (tertiary alicyclic amines) is 1. The van der Waals surface area contributed by atoms with Gasteiger partial charge < -0.3 is 5.11 Å². The molecule has 2 aliphatic rings. The molecular weight excluding hydrogens is 340 g/mol. The molecule has 8 heteroatoms. The molecule has 1 fully saturated rings. The average Bonchev–Trinajstić information content (AvgIpc) is 3.12. The lowest BCUT2D eigenvalue weighted by Crippen LogP contribution is -2.54. The number of carboxylic acids is 1. The van der Waals surface area contributed by atoms with Crippen LogP contribution in [0, 0.1) is 0 Å². The van der Waals surface area contributed by atoms with Gasteiger partial charge in [0.2, 0.25) is 11.8 Å². The van der Waals surface area contributed by atoms with E-state index in [9.17, 15) is 29.1 Å². The van der Waals surface area contributed by atoms with E-state index in [0.717, 1.165) is 22.0 Å². The van der Waals surface area contributed by atoms with Crippen molar-refractivity contribution < 1.29 is 29.1 Å². The number of carbonyl (C=O) groups excluding carboxylic acids is 4. The van der Waals surface area contributed by atoms with Crippen LogP contribution in [0.5, 0.6) is 0 Å². The van der Waals surface area contributed by atoms with Gasteiger partial charge in [-0.05, 0) is 24.1 Å². The lowest BCUT2D eigenvalue weighted by molar-refractivity contribution is -0.164. The summed E-state index contributed by atoms with van der Waals surface area (Å²) in [4.78, 5) is 61.7. The molecule has 134 valence electrons. The normalized spacial score (nSPS) is 19.4. The summed E-state index contributed by atoms with van der Waals surface area (Å²) in [5, 5.41) is 9.86. The number of carboxylic acid groups (broad SMARTS) is 1. The number of carbonyl (C=O) groups is 5. The lowest BCUT2D eigenvalue weighted by Gasteiger charge is -2.36. The van der Waals surface area contributed by atoms with Crippen LogP contribution in [0.4, 0.5) is 5.69 Å². The maximum Gasteiger partial charge on any atom is 0.334 e. The third-order valence-electron chi connectivity index (χ3n) is 4.71. The number of benzene rings is 1. The molecule has 26 heavy (non-hydrogen) atoms. The van der Waals surface area contributed by atoms with Gasteiger partial charge >= 0.3 is 5.97 Å². The van der Waals surface area contributed by atoms with Crippen LogP contribution >= 0.6 is 0 Å². The Labute approximate surface area is 148 Å². The first-order valence-electron chi connectivity index (χ1n) is 8.09. The van der Waals surface area contributed by atoms with Gasteiger partial charge in [0.15, 0.2) is 5.54 Å². The third-order valence-corrected chi connectivity index (χ3v) is 4.71. The van der Waals surface area contributed by atoms with Crippen LogP contribution in [0.2, 0.25) is 0 Å². The minimum absolute atomic E-state index is 0.0116. The predicted molar refractivity (Wildman–Crippen MR) is 88.8 cm³/mol. The molecule has 1 atom stereocenters. The second kappa shape index (κ2) is 6.21. The van der Waals surface area contributed by atoms with Crippen molar-refractivity contribution >= 4 is 35.3 Å². The molecule has 0 aromatic heterocycles. The molecule has 1 saturated heterocycles. The zero-order chi connectivity index (χ0) is 19.1. The van der Waals surface area contributed by atoms with E-state index in [1.165, 1.54) is 24.3 Å². The second-order valence-electron chi connectivity index (χ2n) is 6.03. The standard InChI is InChI=1S/C18H16N2O6/c1-2-18(17(25)26,20-15(23)9-10-16(20)24)11-3-5-12(6-4-11)19-13(21)7-8-14(19)22/h3-8H,2,9-10H2,1H3,(H,25,26). The Morgan fingerprint density at radius 1 is 1.00 bits per heavy atom. The average molecular weight is 356 g/mol. The first kappa shape index (κ1) is 17.5. The summed E-state index contributed by atoms with van der Waals surface area (Å²) in [5.41, 5.74) is -1.31. The zero-order valence-corrected chi connectivity index (χ0v) is 14.0. The first-order chi connectivity index (χ1) is 12.3. The van der Waals surface area contributed by atoms with Crippen molar-refractivity contribution in [3.05, 3.63) is 42.0 Å². The van der Waals surface area contributed by atoms with Gasteiger partial charge in [0.05, 0.1) is 5.69 Å². The summed E-state index contributed by atoms with van der Waals surface area (Å²) < 4.78 is 0. The molecule has 1 N–H and O–H groups in total. The largest absolute Gasteiger partial charge is 0.479 e. The van der Waals surface area contributed by atoms with Crippen molar-refractivity contribution in [2.75, 3.05) is 4.90 Å². The van der Waals surface area contributed by atoms with Gasteiger partial charge in [-0.1, -0.05) is 19.1 Å². The molecule has 1 aromatic carbocycles. The maximum absolute atomic E-state index is 12.2. The van der Waals surface area contributed by atoms with Gasteiger partial charge in [-0.15, -0.1) is 0 Å². The molecule has 2 heterocycles. The first-order valence-corrected chi connectivity index (χ1v) is 8.09. The van der Waals surface area contributed by atoms with Crippen molar-refractivity contribution in [2.45, 2.75) is 31.7 Å². The van der Waals surface area contributed by atoms with Crippen LogP contribution in [0.1, 0.15) is 31.7 Å². The van der Waals surface area contributed by atoms with E-state index in [1.54, 1.807) is 6.92 Å². The highest BCUT2D eigenvalue weighted by molar-refractivity contribution is 6.28. The molecule has 1 aromatic rings. The van der Waals surface area contributed by atoms with Crippen LogP contribution in [0.25, 0.3) is 0 Å². The van der Waals surface area contributed by atoms with E-state index in [0.29, 0.717) is 0 Å². The quantitative estimate of drug-likeness (QED) is 0.786. The molecule has 4 amide bonds. The van der Waals surface area contributed by atoms with Crippen molar-refractivity contribution in [1.82, 2.24) is 4.90 Å². The van der Waals surface area contributed by atoms with Crippen molar-refractivity contribution in [3.8, 4) is 0 Å². The minimum Gasteiger partial charge on any atom is -0.479 e. The molecule has 0 bridgehead atoms. The number of nitrogens with zero attached hydrogens (tertiary/aromatic N) is 2. The fraction of sp³-hybridized carbons (Fsp3) is 0.278. The lowest BCUT2D eigenvalue weighted by atomic mass is 9.85. The molecule has 0 radical (unpaired) electrons. The summed E-state index contributed by atoms with van der Waals surface area (Å²) in [6.45, 7) is 1.58. The van der Waals surface area contributed by atoms with Crippen LogP contribution < -0.4 is 4.90 Å². The Kier molecular flexibility index (Phi) is 4.19. The van der Waals surface area contributed by atoms with Crippen LogP contribution in [0.15, 0.2) is 36.4 Å². The van der Waals surface area contributed by atoms with E-state index in [-0.39, 0.29) is 30.5 Å². The fourth-order valence-corrected chi connectivity index (χ4v) is 3.40. The monoisotopic (exact) mass is 356 g/mol. The van der Waals surface area contributed by atoms with Crippen LogP contribution in [-0.4, -0.2) is 39.6 Å². The predicted octanol–water partition coefficient (Wildman–Crippen LogP) is 0.955. The highest BCUT2D eigenvalue weighted by atomic mass is 16.4. The molecule has 0 aliphatic carbocycles. The number of hydrogen-bond donors (Lipinski definition) is 1. The van der Waals surface area contributed by atoms with Gasteiger partial charge in [-0.25, -0.2) is 9.69 Å². The fourth-order valence-electron chi connectivity index (χ4n) is 3.40. The van der Waals surface area contributed by atoms with Gasteiger partial charge in [-0.3, -0.25) is 24.1 Å². The van der Waals surface area contributed by atoms with Crippen molar-refractivity contribution in [3.63, 3.8) is 0 Å². The van der Waals surface area contributed by atoms with Gasteiger partial charge in [0.25, 0.3) is 11.8 Å². The van der Waals surface area contributed by atoms with Gasteiger partial charge in [0, 0.05) is 25.0 Å². The SMILES string of the molecule is CCC(C(=O)O)(c1ccc(N2C(=O)C=CC2=O)cc1)N1C(=O)CCC1=O. The molecular formula is C18H16N2O6. The van der Waals surface area contributed by atoms with E-state index in [1.807, 2.05) is 0 Å². The Morgan fingerprint density at radius 3 is 1.92 bits per heavy atom. The summed E-state index contributed by atoms with van der Waals surface area (Å²) in [5.74, 6) is -3.36. The molecule has 1 unspecified atom stereocenters. The highest BCUT2D eigenvalue weighted by Crippen LogP contribution is 2.37. The second-order valence-corrected chi connectivity index (χ2v) is 6.03. The molecule has 0 spiro atoms. The van der Waals surface area contributed by atoms with Crippen LogP contribution in [-0.2, 0) is 29.5 Å². The van der Waals surface area contributed by atoms with Gasteiger partial charge in [0.1, 0.15) is 0 Å². The molecule has 2 aliphatic heterocycles. The number of amides is 4. The number of hydrogen-bond acceptors (Lipinski definition) is 5. The third kappa shape index (κ3) is 2.42. The Balaban J connectivity index is 2.05. The summed E-state index contributed by atoms with van der Waals surface area (Å²) in [6, 6.07) is 5.70. The highest BCUT2D eigenvalue weighted by Gasteiger charge is 2.52. The Hall–Kier alpha value is -3.29. The number of rotatable bonds is 5. The molecule has 8 nitrogen and oxygen atoms in total. The number of aliphatic carboxylic acids is 1. The Morgan fingerprint density at radius 2 is 1.50 bits per heavy atom. The topological polar surface area (TPSA) is 112 Å². The Bertz CT molecular complexity index is 823. The maximum atomic E-state index is 12.2. The van der Waals surface area contributed by atoms with Crippen LogP contribution in [0.3, 0.4) is 0 Å². The molecule has 0 saturated carbocycles. The summed E-state index contributed by atoms with van der Waals surface area (Å²) in [6.07, 6.45) is 2.24. The van der Waals surface area contributed by atoms with E-state index >= 15 is 0 Å². The number of anilines is 1. The summed E-state index contributed by atoms with van der Waals surface area (Å²) >= 11 is 0. The summed E-state index contributed by atoms with van der Waals surface area (Å²) in [7, 11) is 0. The minimum atomic E-state index is -1.82. The van der Waals surface area contributed by atoms with Crippen molar-refractivity contribution in [2.24, 2.45) is 0 Å². The molecule has 3 rings (SSSR count). The van der Waals surface area contributed by atoms with E-state index < -0.39 is 35.1 Å². The van der Waals surface area contributed by atoms with E-state index in [2.05, 4.69) is 0 Å². The smallest absolute Gasteiger partial charge is 0.334 e. The number of imide groups is 2. The zero-order valence-electron chi connectivity index (χ0n) is 14.0. The van der Waals surface area contributed by atoms with Gasteiger partial charge in [-0.2, -0.15) is 0 Å². The van der Waals surface area contributed by atoms with Crippen molar-refractivity contribution in [1.29, 1.82) is 0 Å².